The summed E-state index contributed by atoms with van der Waals surface area (Å²) < 4.78 is 59.7. The van der Waals surface area contributed by atoms with Crippen molar-refractivity contribution in [3.8, 4) is 23.4 Å². The molecule has 2 saturated heterocycles. The second kappa shape index (κ2) is 12.9. The van der Waals surface area contributed by atoms with Crippen LogP contribution < -0.4 is 29.2 Å². The highest BCUT2D eigenvalue weighted by Gasteiger charge is 2.42. The van der Waals surface area contributed by atoms with Gasteiger partial charge in [-0.05, 0) is 45.0 Å². The van der Waals surface area contributed by atoms with Gasteiger partial charge < -0.3 is 29.2 Å². The van der Waals surface area contributed by atoms with Crippen molar-refractivity contribution in [3.63, 3.8) is 0 Å². The molecule has 14 heteroatoms. The number of piperazine rings is 1. The molecule has 2 aliphatic rings. The van der Waals surface area contributed by atoms with E-state index in [1.807, 2.05) is 11.8 Å². The average molecular weight is 541 g/mol. The van der Waals surface area contributed by atoms with E-state index in [4.69, 9.17) is 14.2 Å². The monoisotopic (exact) mass is 540 g/mol. The molecule has 1 atom stereocenters. The molecule has 4 heterocycles. The molecule has 0 spiro atoms. The van der Waals surface area contributed by atoms with Crippen molar-refractivity contribution in [2.45, 2.75) is 32.0 Å². The van der Waals surface area contributed by atoms with Gasteiger partial charge in [-0.25, -0.2) is 14.8 Å². The second-order valence-corrected chi connectivity index (χ2v) is 8.87. The first-order chi connectivity index (χ1) is 18.3. The molecule has 0 bridgehead atoms. The van der Waals surface area contributed by atoms with E-state index >= 15 is 0 Å². The highest BCUT2D eigenvalue weighted by atomic mass is 19.4. The van der Waals surface area contributed by atoms with E-state index in [0.717, 1.165) is 25.8 Å². The highest BCUT2D eigenvalue weighted by molar-refractivity contribution is 5.77. The molecule has 11 nitrogen and oxygen atoms in total. The van der Waals surface area contributed by atoms with Gasteiger partial charge in [-0.15, -0.1) is 0 Å². The van der Waals surface area contributed by atoms with Gasteiger partial charge >= 0.3 is 12.1 Å². The zero-order valence-electron chi connectivity index (χ0n) is 21.1. The molecule has 1 N–H and O–H groups in total. The standard InChI is InChI=1S/C24H31F3N6O5/c1-17-15-28-7-10-33(17)20-22(31-19(16-30-20)38-23(34)24(25,26)27)37-14-13-35-18-5-4-6-29-21(18)36-12-11-32-8-2-3-9-32/h4-6,16-17,28H,2-3,7-15H2,1H3/t17-/m1/s1. The van der Waals surface area contributed by atoms with E-state index in [9.17, 15) is 18.0 Å². The summed E-state index contributed by atoms with van der Waals surface area (Å²) in [7, 11) is 0. The van der Waals surface area contributed by atoms with E-state index in [0.29, 0.717) is 43.7 Å². The maximum absolute atomic E-state index is 12.7. The van der Waals surface area contributed by atoms with Gasteiger partial charge in [0.05, 0.1) is 6.20 Å². The molecule has 38 heavy (non-hydrogen) atoms. The summed E-state index contributed by atoms with van der Waals surface area (Å²) in [6.07, 6.45) is -0.186. The van der Waals surface area contributed by atoms with Crippen LogP contribution in [0.15, 0.2) is 24.5 Å². The number of nitrogens with one attached hydrogen (secondary N) is 1. The number of aromatic nitrogens is 3. The number of esters is 1. The molecule has 208 valence electrons. The maximum atomic E-state index is 12.7. The Morgan fingerprint density at radius 3 is 2.61 bits per heavy atom. The third kappa shape index (κ3) is 7.57. The third-order valence-corrected chi connectivity index (χ3v) is 6.06. The summed E-state index contributed by atoms with van der Waals surface area (Å²) in [5.41, 5.74) is 0. The van der Waals surface area contributed by atoms with Gasteiger partial charge in [-0.1, -0.05) is 0 Å². The molecular formula is C24H31F3N6O5. The lowest BCUT2D eigenvalue weighted by atomic mass is 10.2. The summed E-state index contributed by atoms with van der Waals surface area (Å²) in [4.78, 5) is 27.9. The smallest absolute Gasteiger partial charge is 0.484 e. The van der Waals surface area contributed by atoms with E-state index in [-0.39, 0.29) is 25.1 Å². The van der Waals surface area contributed by atoms with Crippen LogP contribution in [0.4, 0.5) is 19.0 Å². The molecule has 2 aliphatic heterocycles. The first-order valence-electron chi connectivity index (χ1n) is 12.5. The summed E-state index contributed by atoms with van der Waals surface area (Å²) >= 11 is 0. The number of anilines is 1. The molecule has 0 amide bonds. The van der Waals surface area contributed by atoms with Gasteiger partial charge in [-0.3, -0.25) is 4.90 Å². The minimum atomic E-state index is -5.17. The first kappa shape index (κ1) is 27.6. The van der Waals surface area contributed by atoms with Crippen molar-refractivity contribution in [2.75, 3.05) is 64.0 Å². The molecule has 2 aromatic rings. The minimum absolute atomic E-state index is 0.0130. The summed E-state index contributed by atoms with van der Waals surface area (Å²) in [5, 5.41) is 3.25. The minimum Gasteiger partial charge on any atom is -0.484 e. The molecule has 0 radical (unpaired) electrons. The zero-order chi connectivity index (χ0) is 27.0. The second-order valence-electron chi connectivity index (χ2n) is 8.87. The van der Waals surface area contributed by atoms with Crippen molar-refractivity contribution in [2.24, 2.45) is 0 Å². The lowest BCUT2D eigenvalue weighted by Gasteiger charge is -2.35. The number of carbonyl (C=O) groups excluding carboxylic acids is 1. The molecular weight excluding hydrogens is 509 g/mol. The van der Waals surface area contributed by atoms with E-state index < -0.39 is 18.0 Å². The van der Waals surface area contributed by atoms with Gasteiger partial charge in [0, 0.05) is 38.4 Å². The molecule has 2 aromatic heterocycles. The Balaban J connectivity index is 1.38. The predicted molar refractivity (Wildman–Crippen MR) is 130 cm³/mol. The van der Waals surface area contributed by atoms with Crippen LogP contribution in [0, 0.1) is 0 Å². The summed E-state index contributed by atoms with van der Waals surface area (Å²) in [5.74, 6) is -1.94. The Morgan fingerprint density at radius 1 is 1.08 bits per heavy atom. The van der Waals surface area contributed by atoms with Gasteiger partial charge in [0.2, 0.25) is 5.88 Å². The fourth-order valence-corrected chi connectivity index (χ4v) is 4.16. The number of pyridine rings is 1. The van der Waals surface area contributed by atoms with Gasteiger partial charge in [0.15, 0.2) is 11.6 Å². The van der Waals surface area contributed by atoms with E-state index in [1.165, 1.54) is 12.8 Å². The normalized spacial score (nSPS) is 18.3. The maximum Gasteiger partial charge on any atom is 0.491 e. The fraction of sp³-hybridized carbons (Fsp3) is 0.583. The Kier molecular flexibility index (Phi) is 9.39. The van der Waals surface area contributed by atoms with Gasteiger partial charge in [-0.2, -0.15) is 18.2 Å². The SMILES string of the molecule is C[C@@H]1CNCCN1c1ncc(OC(=O)C(F)(F)F)nc1OCCOc1cccnc1OCCN1CCCC1. The van der Waals surface area contributed by atoms with Crippen LogP contribution in [0.1, 0.15) is 19.8 Å². The number of halogens is 3. The summed E-state index contributed by atoms with van der Waals surface area (Å²) in [6.45, 7) is 7.39. The van der Waals surface area contributed by atoms with Crippen LogP contribution in [0.25, 0.3) is 0 Å². The van der Waals surface area contributed by atoms with Crippen molar-refractivity contribution < 1.29 is 36.9 Å². The van der Waals surface area contributed by atoms with Crippen molar-refractivity contribution in [3.05, 3.63) is 24.5 Å². The molecule has 2 fully saturated rings. The Bertz CT molecular complexity index is 1070. The molecule has 4 rings (SSSR count). The van der Waals surface area contributed by atoms with Crippen LogP contribution in [-0.4, -0.2) is 97.1 Å². The number of nitrogens with zero attached hydrogens (tertiary/aromatic N) is 5. The van der Waals surface area contributed by atoms with Crippen molar-refractivity contribution in [1.29, 1.82) is 0 Å². The lowest BCUT2D eigenvalue weighted by molar-refractivity contribution is -0.190. The number of likely N-dealkylation sites (tertiary alicyclic amines) is 1. The van der Waals surface area contributed by atoms with Gasteiger partial charge in [0.1, 0.15) is 19.8 Å². The molecule has 0 unspecified atom stereocenters. The molecule has 0 saturated carbocycles. The predicted octanol–water partition coefficient (Wildman–Crippen LogP) is 2.07. The Hall–Kier alpha value is -3.39. The van der Waals surface area contributed by atoms with Crippen LogP contribution in [0.5, 0.6) is 23.4 Å². The quantitative estimate of drug-likeness (QED) is 0.334. The van der Waals surface area contributed by atoms with Gasteiger partial charge in [0.25, 0.3) is 11.8 Å². The Morgan fingerprint density at radius 2 is 1.84 bits per heavy atom. The van der Waals surface area contributed by atoms with Crippen LogP contribution >= 0.6 is 0 Å². The largest absolute Gasteiger partial charge is 0.491 e. The zero-order valence-corrected chi connectivity index (χ0v) is 21.1. The highest BCUT2D eigenvalue weighted by Crippen LogP contribution is 2.29. The number of hydrogen-bond donors (Lipinski definition) is 1. The van der Waals surface area contributed by atoms with Crippen LogP contribution in [0.2, 0.25) is 0 Å². The third-order valence-electron chi connectivity index (χ3n) is 6.06. The van der Waals surface area contributed by atoms with E-state index in [2.05, 4.69) is 29.9 Å². The van der Waals surface area contributed by atoms with Crippen LogP contribution in [-0.2, 0) is 4.79 Å². The van der Waals surface area contributed by atoms with E-state index in [1.54, 1.807) is 18.3 Å². The topological polar surface area (TPSA) is 111 Å². The fourth-order valence-electron chi connectivity index (χ4n) is 4.16. The number of alkyl halides is 3. The molecule has 0 aliphatic carbocycles. The summed E-state index contributed by atoms with van der Waals surface area (Å²) in [6, 6.07) is 3.47. The van der Waals surface area contributed by atoms with Crippen molar-refractivity contribution in [1.82, 2.24) is 25.2 Å². The number of carbonyl (C=O) groups is 1. The first-order valence-corrected chi connectivity index (χ1v) is 12.5. The number of hydrogen-bond acceptors (Lipinski definition) is 11. The number of rotatable bonds is 11. The molecule has 0 aromatic carbocycles. The lowest BCUT2D eigenvalue weighted by Crippen LogP contribution is -2.50. The van der Waals surface area contributed by atoms with Crippen molar-refractivity contribution >= 4 is 11.8 Å². The Labute approximate surface area is 218 Å². The number of ether oxygens (including phenoxy) is 4. The van der Waals surface area contributed by atoms with Crippen LogP contribution in [0.3, 0.4) is 0 Å². The average Bonchev–Trinajstić information content (AvgIpc) is 3.41.